The van der Waals surface area contributed by atoms with E-state index in [9.17, 15) is 22.8 Å². The van der Waals surface area contributed by atoms with Gasteiger partial charge in [-0.3, -0.25) is 9.78 Å². The lowest BCUT2D eigenvalue weighted by molar-refractivity contribution is -0.137. The fraction of sp³-hybridized carbons (Fsp3) is 0.367. The minimum Gasteiger partial charge on any atom is -0.457 e. The van der Waals surface area contributed by atoms with Crippen molar-refractivity contribution in [3.63, 3.8) is 0 Å². The number of benzene rings is 2. The maximum Gasteiger partial charge on any atom is 0.416 e. The smallest absolute Gasteiger partial charge is 0.416 e. The summed E-state index contributed by atoms with van der Waals surface area (Å²) in [5.41, 5.74) is 1.49. The highest BCUT2D eigenvalue weighted by atomic mass is 127. The van der Waals surface area contributed by atoms with E-state index in [-0.39, 0.29) is 23.7 Å². The van der Waals surface area contributed by atoms with E-state index in [1.165, 1.54) is 6.07 Å². The summed E-state index contributed by atoms with van der Waals surface area (Å²) in [7, 11) is 0. The van der Waals surface area contributed by atoms with Crippen LogP contribution in [0.25, 0.3) is 0 Å². The van der Waals surface area contributed by atoms with Gasteiger partial charge < -0.3 is 20.1 Å². The van der Waals surface area contributed by atoms with E-state index in [0.29, 0.717) is 30.8 Å². The quantitative estimate of drug-likeness (QED) is 0.198. The Hall–Kier alpha value is -3.35. The number of halogens is 4. The second-order valence-corrected chi connectivity index (χ2v) is 11.6. The number of pyridine rings is 1. The van der Waals surface area contributed by atoms with Crippen LogP contribution < -0.4 is 15.4 Å². The lowest BCUT2D eigenvalue weighted by atomic mass is 9.83. The van der Waals surface area contributed by atoms with Gasteiger partial charge in [-0.05, 0) is 93.1 Å². The Morgan fingerprint density at radius 1 is 1.02 bits per heavy atom. The summed E-state index contributed by atoms with van der Waals surface area (Å²) in [6.45, 7) is 4.86. The largest absolute Gasteiger partial charge is 0.457 e. The first kappa shape index (κ1) is 30.6. The van der Waals surface area contributed by atoms with Gasteiger partial charge in [0.05, 0.1) is 11.3 Å². The first-order chi connectivity index (χ1) is 19.3. The number of amides is 2. The molecular weight excluding hydrogens is 650 g/mol. The van der Waals surface area contributed by atoms with E-state index < -0.39 is 29.4 Å². The van der Waals surface area contributed by atoms with Crippen molar-refractivity contribution in [3.05, 3.63) is 82.7 Å². The predicted octanol–water partition coefficient (Wildman–Crippen LogP) is 7.60. The van der Waals surface area contributed by atoms with Crippen LogP contribution in [0, 0.1) is 5.92 Å². The highest BCUT2D eigenvalue weighted by Gasteiger charge is 2.32. The van der Waals surface area contributed by atoms with Crippen LogP contribution in [0.1, 0.15) is 55.1 Å². The van der Waals surface area contributed by atoms with Crippen molar-refractivity contribution in [2.45, 2.75) is 62.8 Å². The summed E-state index contributed by atoms with van der Waals surface area (Å²) in [6.07, 6.45) is -2.04. The topological polar surface area (TPSA) is 89.6 Å². The second-order valence-electron chi connectivity index (χ2n) is 10.8. The van der Waals surface area contributed by atoms with Crippen molar-refractivity contribution >= 4 is 40.3 Å². The van der Waals surface area contributed by atoms with Gasteiger partial charge in [-0.2, -0.15) is 13.2 Å². The summed E-state index contributed by atoms with van der Waals surface area (Å²) in [4.78, 5) is 29.5. The molecule has 0 spiro atoms. The fourth-order valence-electron chi connectivity index (χ4n) is 4.51. The third kappa shape index (κ3) is 8.82. The van der Waals surface area contributed by atoms with E-state index in [2.05, 4.69) is 38.2 Å². The predicted molar refractivity (Wildman–Crippen MR) is 157 cm³/mol. The zero-order valence-electron chi connectivity index (χ0n) is 22.9. The Labute approximate surface area is 250 Å². The number of alkyl carbamates (subject to hydrolysis) is 1. The molecule has 2 N–H and O–H groups in total. The Morgan fingerprint density at radius 3 is 2.49 bits per heavy atom. The molecule has 1 aromatic heterocycles. The minimum atomic E-state index is -4.63. The van der Waals surface area contributed by atoms with E-state index >= 15 is 0 Å². The fourth-order valence-corrected chi connectivity index (χ4v) is 4.93. The van der Waals surface area contributed by atoms with Gasteiger partial charge in [0.2, 0.25) is 5.91 Å². The zero-order valence-corrected chi connectivity index (χ0v) is 25.1. The Balaban J connectivity index is 1.46. The van der Waals surface area contributed by atoms with Gasteiger partial charge in [0.25, 0.3) is 0 Å². The molecule has 4 rings (SSSR count). The number of carbonyl (C=O) groups is 2. The van der Waals surface area contributed by atoms with Crippen molar-refractivity contribution in [2.24, 2.45) is 5.92 Å². The molecule has 2 amide bonds. The van der Waals surface area contributed by atoms with Gasteiger partial charge in [-0.15, -0.1) is 0 Å². The maximum absolute atomic E-state index is 13.6. The average Bonchev–Trinajstić information content (AvgIpc) is 2.90. The molecule has 0 radical (unpaired) electrons. The number of hydrogen-bond acceptors (Lipinski definition) is 5. The number of rotatable bonds is 7. The molecular formula is C30H31F3IN3O4. The van der Waals surface area contributed by atoms with Crippen molar-refractivity contribution in [3.8, 4) is 11.5 Å². The molecule has 0 saturated heterocycles. The van der Waals surface area contributed by atoms with Crippen molar-refractivity contribution in [2.75, 3.05) is 5.32 Å². The van der Waals surface area contributed by atoms with Crippen LogP contribution >= 0.6 is 22.6 Å². The third-order valence-corrected chi connectivity index (χ3v) is 7.14. The van der Waals surface area contributed by atoms with E-state index in [1.54, 1.807) is 33.0 Å². The third-order valence-electron chi connectivity index (χ3n) is 6.36. The zero-order chi connectivity index (χ0) is 29.8. The molecule has 0 saturated carbocycles. The van der Waals surface area contributed by atoms with E-state index in [1.807, 2.05) is 24.3 Å². The van der Waals surface area contributed by atoms with Crippen LogP contribution in [0.3, 0.4) is 0 Å². The molecule has 1 heterocycles. The number of aromatic nitrogens is 1. The molecule has 218 valence electrons. The first-order valence-corrected chi connectivity index (χ1v) is 14.6. The summed E-state index contributed by atoms with van der Waals surface area (Å²) >= 11 is 2.23. The monoisotopic (exact) mass is 681 g/mol. The second kappa shape index (κ2) is 12.7. The standard InChI is InChI=1S/C30H31F3IN3O4/c1-29(2,3)41-28(39)36-17-18-10-22(30(31,32)33)14-23(11-18)37-27(38)20-5-4-19-6-7-25(13-21(19)12-20)40-26-8-9-35-24(15-26)16-34/h6-11,13-15,20H,4-5,12,16-17H2,1-3H3,(H,36,39)(H,37,38). The Kier molecular flexibility index (Phi) is 9.45. The summed E-state index contributed by atoms with van der Waals surface area (Å²) < 4.78 is 52.8. The van der Waals surface area contributed by atoms with Gasteiger partial charge in [0.1, 0.15) is 17.1 Å². The summed E-state index contributed by atoms with van der Waals surface area (Å²) in [5, 5.41) is 5.13. The number of fused-ring (bicyclic) bond motifs is 1. The van der Waals surface area contributed by atoms with Crippen LogP contribution in [-0.4, -0.2) is 22.6 Å². The highest BCUT2D eigenvalue weighted by Crippen LogP contribution is 2.34. The molecule has 1 aliphatic rings. The normalized spacial score (nSPS) is 15.0. The molecule has 11 heteroatoms. The number of carbonyl (C=O) groups excluding carboxylic acids is 2. The Bertz CT molecular complexity index is 1420. The van der Waals surface area contributed by atoms with Gasteiger partial charge in [-0.1, -0.05) is 28.7 Å². The molecule has 3 aromatic rings. The van der Waals surface area contributed by atoms with Crippen molar-refractivity contribution < 1.29 is 32.2 Å². The number of aryl methyl sites for hydroxylation is 1. The number of anilines is 1. The molecule has 1 unspecified atom stereocenters. The van der Waals surface area contributed by atoms with Crippen LogP contribution in [-0.2, 0) is 39.5 Å². The molecule has 0 aliphatic heterocycles. The van der Waals surface area contributed by atoms with Crippen LogP contribution in [0.5, 0.6) is 11.5 Å². The highest BCUT2D eigenvalue weighted by molar-refractivity contribution is 14.1. The van der Waals surface area contributed by atoms with Crippen LogP contribution in [0.15, 0.2) is 54.7 Å². The molecule has 0 fully saturated rings. The molecule has 2 aromatic carbocycles. The van der Waals surface area contributed by atoms with Gasteiger partial charge in [0, 0.05) is 34.8 Å². The number of ether oxygens (including phenoxy) is 2. The van der Waals surface area contributed by atoms with Crippen LogP contribution in [0.4, 0.5) is 23.7 Å². The van der Waals surface area contributed by atoms with Gasteiger partial charge >= 0.3 is 12.3 Å². The number of nitrogens with one attached hydrogen (secondary N) is 2. The Morgan fingerprint density at radius 2 is 1.78 bits per heavy atom. The minimum absolute atomic E-state index is 0.0115. The molecule has 7 nitrogen and oxygen atoms in total. The number of alkyl halides is 4. The average molecular weight is 681 g/mol. The van der Waals surface area contributed by atoms with E-state index in [4.69, 9.17) is 9.47 Å². The first-order valence-electron chi connectivity index (χ1n) is 13.1. The molecule has 1 atom stereocenters. The van der Waals surface area contributed by atoms with Crippen molar-refractivity contribution in [1.29, 1.82) is 0 Å². The number of hydrogen-bond donors (Lipinski definition) is 2. The molecule has 41 heavy (non-hydrogen) atoms. The lowest BCUT2D eigenvalue weighted by Gasteiger charge is -2.25. The van der Waals surface area contributed by atoms with E-state index in [0.717, 1.165) is 33.4 Å². The number of nitrogens with zero attached hydrogens (tertiary/aromatic N) is 1. The molecule has 1 aliphatic carbocycles. The van der Waals surface area contributed by atoms with Crippen LogP contribution in [0.2, 0.25) is 0 Å². The van der Waals surface area contributed by atoms with Crippen molar-refractivity contribution in [1.82, 2.24) is 10.3 Å². The maximum atomic E-state index is 13.6. The van der Waals surface area contributed by atoms with Gasteiger partial charge in [0.15, 0.2) is 0 Å². The van der Waals surface area contributed by atoms with Gasteiger partial charge in [-0.25, -0.2) is 4.79 Å². The summed E-state index contributed by atoms with van der Waals surface area (Å²) in [5.74, 6) is 0.504. The summed E-state index contributed by atoms with van der Waals surface area (Å²) in [6, 6.07) is 12.7. The molecule has 0 bridgehead atoms. The lowest BCUT2D eigenvalue weighted by Crippen LogP contribution is -2.32. The SMILES string of the molecule is CC(C)(C)OC(=O)NCc1cc(NC(=O)C2CCc3ccc(Oc4ccnc(CI)c4)cc3C2)cc(C(F)(F)F)c1.